The zero-order valence-corrected chi connectivity index (χ0v) is 5.71. The van der Waals surface area contributed by atoms with E-state index < -0.39 is 0 Å². The van der Waals surface area contributed by atoms with Crippen molar-refractivity contribution >= 4 is 0 Å². The molecule has 0 radical (unpaired) electrons. The number of hydrogen-bond acceptors (Lipinski definition) is 1. The zero-order valence-electron chi connectivity index (χ0n) is 5.71. The quantitative estimate of drug-likeness (QED) is 0.522. The molecule has 2 rings (SSSR count). The number of aliphatic hydroxyl groups excluding tert-OH is 1. The third-order valence-electron chi connectivity index (χ3n) is 2.80. The lowest BCUT2D eigenvalue weighted by molar-refractivity contribution is 0.139. The van der Waals surface area contributed by atoms with Crippen molar-refractivity contribution < 1.29 is 5.11 Å². The molecule has 2 aliphatic rings. The number of hydrogen-bond donors (Lipinski definition) is 1. The summed E-state index contributed by atoms with van der Waals surface area (Å²) in [5, 5.41) is 9.40. The molecule has 0 amide bonds. The molecule has 2 aliphatic carbocycles. The van der Waals surface area contributed by atoms with E-state index in [4.69, 9.17) is 0 Å². The minimum absolute atomic E-state index is 0.0671. The first-order valence-corrected chi connectivity index (χ1v) is 4.06. The summed E-state index contributed by atoms with van der Waals surface area (Å²) in [6, 6.07) is 0. The molecule has 2 saturated carbocycles. The summed E-state index contributed by atoms with van der Waals surface area (Å²) in [7, 11) is 0. The molecule has 0 aromatic heterocycles. The highest BCUT2D eigenvalue weighted by molar-refractivity contribution is 4.92. The fourth-order valence-electron chi connectivity index (χ4n) is 2.05. The van der Waals surface area contributed by atoms with Gasteiger partial charge in [-0.05, 0) is 24.7 Å². The molecule has 1 heteroatoms. The van der Waals surface area contributed by atoms with Gasteiger partial charge in [0.25, 0.3) is 0 Å². The first-order valence-electron chi connectivity index (χ1n) is 4.06. The highest BCUT2D eigenvalue weighted by atomic mass is 16.3. The highest BCUT2D eigenvalue weighted by Gasteiger charge is 2.42. The minimum Gasteiger partial charge on any atom is -0.393 e. The largest absolute Gasteiger partial charge is 0.393 e. The lowest BCUT2D eigenvalue weighted by atomic mass is 10.1. The molecule has 0 unspecified atom stereocenters. The van der Waals surface area contributed by atoms with Gasteiger partial charge in [-0.25, -0.2) is 0 Å². The molecule has 0 bridgehead atoms. The fraction of sp³-hybridized carbons (Fsp3) is 1.00. The summed E-state index contributed by atoms with van der Waals surface area (Å²) in [5.74, 6) is 1.63. The number of fused-ring (bicyclic) bond motifs is 1. The van der Waals surface area contributed by atoms with Crippen molar-refractivity contribution in [1.82, 2.24) is 0 Å². The maximum atomic E-state index is 9.40. The Hall–Kier alpha value is -0.0400. The molecule has 0 aromatic rings. The molecule has 9 heavy (non-hydrogen) atoms. The van der Waals surface area contributed by atoms with E-state index in [0.717, 1.165) is 12.3 Å². The van der Waals surface area contributed by atoms with E-state index >= 15 is 0 Å². The van der Waals surface area contributed by atoms with E-state index in [1.807, 2.05) is 0 Å². The Morgan fingerprint density at radius 2 is 1.89 bits per heavy atom. The minimum atomic E-state index is 0.0671. The van der Waals surface area contributed by atoms with Crippen molar-refractivity contribution in [2.45, 2.75) is 38.2 Å². The summed E-state index contributed by atoms with van der Waals surface area (Å²) < 4.78 is 0. The Bertz CT molecular complexity index is 111. The normalized spacial score (nSPS) is 49.7. The molecule has 0 aromatic carbocycles. The van der Waals surface area contributed by atoms with E-state index in [1.165, 1.54) is 25.7 Å². The van der Waals surface area contributed by atoms with Crippen molar-refractivity contribution in [2.75, 3.05) is 0 Å². The van der Waals surface area contributed by atoms with E-state index in [0.29, 0.717) is 5.92 Å². The predicted octanol–water partition coefficient (Wildman–Crippen LogP) is 1.56. The Kier molecular flexibility index (Phi) is 1.26. The zero-order chi connectivity index (χ0) is 6.27. The second-order valence-corrected chi connectivity index (χ2v) is 3.51. The van der Waals surface area contributed by atoms with Crippen LogP contribution in [0.3, 0.4) is 0 Å². The van der Waals surface area contributed by atoms with Crippen LogP contribution in [-0.4, -0.2) is 11.2 Å². The molecule has 1 nitrogen and oxygen atoms in total. The second kappa shape index (κ2) is 1.98. The van der Waals surface area contributed by atoms with Crippen LogP contribution in [0.4, 0.5) is 0 Å². The average Bonchev–Trinajstić information content (AvgIpc) is 2.55. The van der Waals surface area contributed by atoms with Crippen LogP contribution >= 0.6 is 0 Å². The first-order chi connectivity index (χ1) is 4.38. The number of rotatable bonds is 0. The molecule has 0 saturated heterocycles. The topological polar surface area (TPSA) is 20.2 Å². The summed E-state index contributed by atoms with van der Waals surface area (Å²) >= 11 is 0. The molecular weight excluding hydrogens is 112 g/mol. The third-order valence-corrected chi connectivity index (χ3v) is 2.80. The van der Waals surface area contributed by atoms with Crippen molar-refractivity contribution in [3.05, 3.63) is 0 Å². The van der Waals surface area contributed by atoms with Crippen LogP contribution in [0.25, 0.3) is 0 Å². The van der Waals surface area contributed by atoms with Crippen molar-refractivity contribution in [3.8, 4) is 0 Å². The monoisotopic (exact) mass is 126 g/mol. The summed E-state index contributed by atoms with van der Waals surface area (Å²) in [5.41, 5.74) is 0. The van der Waals surface area contributed by atoms with Crippen LogP contribution in [0.1, 0.15) is 32.1 Å². The van der Waals surface area contributed by atoms with Crippen molar-refractivity contribution in [2.24, 2.45) is 11.8 Å². The lowest BCUT2D eigenvalue weighted by Crippen LogP contribution is -2.07. The highest BCUT2D eigenvalue weighted by Crippen LogP contribution is 2.47. The van der Waals surface area contributed by atoms with Gasteiger partial charge in [-0.2, -0.15) is 0 Å². The molecule has 3 atom stereocenters. The van der Waals surface area contributed by atoms with Gasteiger partial charge in [0.2, 0.25) is 0 Å². The van der Waals surface area contributed by atoms with E-state index in [9.17, 15) is 5.11 Å². The summed E-state index contributed by atoms with van der Waals surface area (Å²) in [4.78, 5) is 0. The maximum Gasteiger partial charge on any atom is 0.0571 e. The average molecular weight is 126 g/mol. The third kappa shape index (κ3) is 0.983. The van der Waals surface area contributed by atoms with Crippen LogP contribution in [0, 0.1) is 11.8 Å². The van der Waals surface area contributed by atoms with Gasteiger partial charge >= 0.3 is 0 Å². The van der Waals surface area contributed by atoms with Crippen LogP contribution in [-0.2, 0) is 0 Å². The SMILES string of the molecule is O[C@H]1CCCC[C@H]2C[C@H]21. The Morgan fingerprint density at radius 3 is 2.78 bits per heavy atom. The van der Waals surface area contributed by atoms with E-state index in [-0.39, 0.29) is 6.10 Å². The Morgan fingerprint density at radius 1 is 1.11 bits per heavy atom. The van der Waals surface area contributed by atoms with Crippen LogP contribution < -0.4 is 0 Å². The molecule has 0 aliphatic heterocycles. The van der Waals surface area contributed by atoms with E-state index in [2.05, 4.69) is 0 Å². The van der Waals surface area contributed by atoms with E-state index in [1.54, 1.807) is 0 Å². The fourth-order valence-corrected chi connectivity index (χ4v) is 2.05. The van der Waals surface area contributed by atoms with Crippen LogP contribution in [0.5, 0.6) is 0 Å². The summed E-state index contributed by atoms with van der Waals surface area (Å²) in [6.45, 7) is 0. The second-order valence-electron chi connectivity index (χ2n) is 3.51. The smallest absolute Gasteiger partial charge is 0.0571 e. The van der Waals surface area contributed by atoms with Gasteiger partial charge in [0, 0.05) is 0 Å². The van der Waals surface area contributed by atoms with Gasteiger partial charge < -0.3 is 5.11 Å². The Labute approximate surface area is 56.1 Å². The molecule has 2 fully saturated rings. The maximum absolute atomic E-state index is 9.40. The lowest BCUT2D eigenvalue weighted by Gasteiger charge is -2.04. The standard InChI is InChI=1S/C8H14O/c9-8-4-2-1-3-6-5-7(6)8/h6-9H,1-5H2/t6-,7+,8-/m0/s1. The van der Waals surface area contributed by atoms with Gasteiger partial charge in [-0.1, -0.05) is 19.3 Å². The van der Waals surface area contributed by atoms with Gasteiger partial charge in [-0.3, -0.25) is 0 Å². The van der Waals surface area contributed by atoms with Crippen LogP contribution in [0.2, 0.25) is 0 Å². The molecular formula is C8H14O. The van der Waals surface area contributed by atoms with Crippen molar-refractivity contribution in [1.29, 1.82) is 0 Å². The first kappa shape index (κ1) is 5.72. The van der Waals surface area contributed by atoms with Crippen molar-refractivity contribution in [3.63, 3.8) is 0 Å². The molecule has 52 valence electrons. The summed E-state index contributed by atoms with van der Waals surface area (Å²) in [6.07, 6.45) is 6.47. The Balaban J connectivity index is 1.96. The van der Waals surface area contributed by atoms with Gasteiger partial charge in [0.05, 0.1) is 6.10 Å². The number of aliphatic hydroxyl groups is 1. The van der Waals surface area contributed by atoms with Gasteiger partial charge in [-0.15, -0.1) is 0 Å². The molecule has 1 N–H and O–H groups in total. The van der Waals surface area contributed by atoms with Gasteiger partial charge in [0.15, 0.2) is 0 Å². The van der Waals surface area contributed by atoms with Gasteiger partial charge in [0.1, 0.15) is 0 Å². The van der Waals surface area contributed by atoms with Crippen LogP contribution in [0.15, 0.2) is 0 Å². The molecule has 0 spiro atoms. The molecule has 0 heterocycles. The predicted molar refractivity (Wildman–Crippen MR) is 36.1 cm³/mol.